The van der Waals surface area contributed by atoms with E-state index in [4.69, 9.17) is 9.47 Å². The van der Waals surface area contributed by atoms with Gasteiger partial charge in [0.1, 0.15) is 23.4 Å². The Morgan fingerprint density at radius 2 is 2.11 bits per heavy atom. The number of halogens is 1. The first-order chi connectivity index (χ1) is 13.0. The average molecular weight is 369 g/mol. The summed E-state index contributed by atoms with van der Waals surface area (Å²) in [5.41, 5.74) is 3.10. The summed E-state index contributed by atoms with van der Waals surface area (Å²) in [4.78, 5) is 12.0. The van der Waals surface area contributed by atoms with Gasteiger partial charge in [0.05, 0.1) is 12.1 Å². The summed E-state index contributed by atoms with van der Waals surface area (Å²) in [5, 5.41) is 11.0. The molecule has 0 saturated carbocycles. The van der Waals surface area contributed by atoms with Gasteiger partial charge in [0.15, 0.2) is 0 Å². The van der Waals surface area contributed by atoms with E-state index in [1.165, 1.54) is 0 Å². The van der Waals surface area contributed by atoms with Crippen LogP contribution in [-0.2, 0) is 4.74 Å². The van der Waals surface area contributed by atoms with Gasteiger partial charge in [0.2, 0.25) is 0 Å². The highest BCUT2D eigenvalue weighted by atomic mass is 19.1. The van der Waals surface area contributed by atoms with Crippen LogP contribution in [0.1, 0.15) is 30.6 Å². The molecule has 2 aromatic carbocycles. The standard InChI is InChI=1S/C20H20FN3O3/c1-11-8-13-9-15(18(11)21)12(2)27-20(25)22-6-3-7-26-14-4-5-17-16(10-14)19(13)24-23-17/h4-5,8-10,12H,3,6-7H2,1-2H3,(H,22,25)(H,23,24). The summed E-state index contributed by atoms with van der Waals surface area (Å²) in [7, 11) is 0. The minimum Gasteiger partial charge on any atom is -0.494 e. The third-order valence-corrected chi connectivity index (χ3v) is 4.67. The fourth-order valence-corrected chi connectivity index (χ4v) is 3.25. The molecule has 27 heavy (non-hydrogen) atoms. The van der Waals surface area contributed by atoms with Gasteiger partial charge in [-0.05, 0) is 56.2 Å². The zero-order chi connectivity index (χ0) is 19.0. The van der Waals surface area contributed by atoms with Crippen LogP contribution in [0.5, 0.6) is 5.75 Å². The number of cyclic esters (lactones) is 1. The highest BCUT2D eigenvalue weighted by molar-refractivity contribution is 5.94. The molecule has 0 radical (unpaired) electrons. The Morgan fingerprint density at radius 1 is 1.26 bits per heavy atom. The second-order valence-corrected chi connectivity index (χ2v) is 6.65. The number of carbonyl (C=O) groups excluding carboxylic acids is 1. The van der Waals surface area contributed by atoms with Gasteiger partial charge in [-0.15, -0.1) is 0 Å². The van der Waals surface area contributed by atoms with E-state index in [1.807, 2.05) is 18.2 Å². The maximum absolute atomic E-state index is 14.7. The van der Waals surface area contributed by atoms with Crippen molar-refractivity contribution >= 4 is 17.0 Å². The molecule has 7 heteroatoms. The summed E-state index contributed by atoms with van der Waals surface area (Å²) in [6.45, 7) is 4.21. The lowest BCUT2D eigenvalue weighted by Gasteiger charge is -2.17. The van der Waals surface area contributed by atoms with Crippen LogP contribution in [0.25, 0.3) is 22.2 Å². The smallest absolute Gasteiger partial charge is 0.407 e. The van der Waals surface area contributed by atoms with Gasteiger partial charge in [-0.1, -0.05) is 0 Å². The van der Waals surface area contributed by atoms with Crippen molar-refractivity contribution in [3.63, 3.8) is 0 Å². The second kappa shape index (κ2) is 6.90. The van der Waals surface area contributed by atoms with Crippen LogP contribution >= 0.6 is 0 Å². The molecule has 1 aromatic heterocycles. The molecule has 4 rings (SSSR count). The lowest BCUT2D eigenvalue weighted by atomic mass is 9.99. The number of fused-ring (bicyclic) bond motifs is 4. The van der Waals surface area contributed by atoms with Gasteiger partial charge in [-0.3, -0.25) is 5.10 Å². The first-order valence-corrected chi connectivity index (χ1v) is 8.89. The number of ether oxygens (including phenoxy) is 2. The van der Waals surface area contributed by atoms with E-state index in [9.17, 15) is 9.18 Å². The molecule has 0 fully saturated rings. The van der Waals surface area contributed by atoms with Crippen LogP contribution in [-0.4, -0.2) is 29.4 Å². The van der Waals surface area contributed by atoms with Crippen molar-refractivity contribution in [2.45, 2.75) is 26.4 Å². The van der Waals surface area contributed by atoms with Crippen LogP contribution in [0.4, 0.5) is 9.18 Å². The quantitative estimate of drug-likeness (QED) is 0.621. The maximum Gasteiger partial charge on any atom is 0.407 e. The van der Waals surface area contributed by atoms with Gasteiger partial charge in [-0.2, -0.15) is 5.10 Å². The number of alkyl carbamates (subject to hydrolysis) is 1. The lowest BCUT2D eigenvalue weighted by molar-refractivity contribution is 0.105. The first-order valence-electron chi connectivity index (χ1n) is 8.89. The molecule has 1 aliphatic heterocycles. The van der Waals surface area contributed by atoms with Crippen LogP contribution < -0.4 is 10.1 Å². The Bertz CT molecular complexity index is 1020. The van der Waals surface area contributed by atoms with Crippen LogP contribution in [0.2, 0.25) is 0 Å². The number of rotatable bonds is 0. The number of hydrogen-bond acceptors (Lipinski definition) is 4. The molecule has 0 spiro atoms. The van der Waals surface area contributed by atoms with Crippen molar-refractivity contribution in [1.82, 2.24) is 15.5 Å². The molecule has 1 amide bonds. The predicted molar refractivity (Wildman–Crippen MR) is 99.2 cm³/mol. The number of nitrogens with one attached hydrogen (secondary N) is 2. The van der Waals surface area contributed by atoms with Crippen molar-refractivity contribution in [2.75, 3.05) is 13.2 Å². The topological polar surface area (TPSA) is 76.2 Å². The number of hydrogen-bond donors (Lipinski definition) is 2. The van der Waals surface area contributed by atoms with Crippen molar-refractivity contribution < 1.29 is 18.7 Å². The third-order valence-electron chi connectivity index (χ3n) is 4.67. The molecule has 4 bridgehead atoms. The molecule has 140 valence electrons. The molecule has 0 saturated heterocycles. The van der Waals surface area contributed by atoms with Gasteiger partial charge in [-0.25, -0.2) is 9.18 Å². The van der Waals surface area contributed by atoms with Crippen molar-refractivity contribution in [3.8, 4) is 17.0 Å². The maximum atomic E-state index is 14.7. The number of benzene rings is 2. The summed E-state index contributed by atoms with van der Waals surface area (Å²) in [6.07, 6.45) is -0.686. The summed E-state index contributed by atoms with van der Waals surface area (Å²) >= 11 is 0. The summed E-state index contributed by atoms with van der Waals surface area (Å²) < 4.78 is 25.8. The van der Waals surface area contributed by atoms with Crippen LogP contribution in [0.15, 0.2) is 30.3 Å². The number of aromatic nitrogens is 2. The largest absolute Gasteiger partial charge is 0.494 e. The minimum atomic E-state index is -0.731. The van der Waals surface area contributed by atoms with Crippen molar-refractivity contribution in [3.05, 3.63) is 47.3 Å². The zero-order valence-corrected chi connectivity index (χ0v) is 15.1. The Morgan fingerprint density at radius 3 is 2.96 bits per heavy atom. The van der Waals surface area contributed by atoms with Crippen LogP contribution in [0.3, 0.4) is 0 Å². The molecule has 6 nitrogen and oxygen atoms in total. The SMILES string of the molecule is Cc1cc2cc(c1F)C(C)OC(=O)NCCCOc1ccc3[nH]nc-2c3c1. The lowest BCUT2D eigenvalue weighted by Crippen LogP contribution is -2.27. The number of nitrogens with zero attached hydrogens (tertiary/aromatic N) is 1. The first kappa shape index (κ1) is 17.3. The second-order valence-electron chi connectivity index (χ2n) is 6.65. The van der Waals surface area contributed by atoms with E-state index in [0.717, 1.165) is 22.2 Å². The number of H-pyrrole nitrogens is 1. The number of aromatic amines is 1. The van der Waals surface area contributed by atoms with E-state index < -0.39 is 12.2 Å². The molecule has 1 atom stereocenters. The van der Waals surface area contributed by atoms with Gasteiger partial charge < -0.3 is 14.8 Å². The van der Waals surface area contributed by atoms with E-state index >= 15 is 0 Å². The minimum absolute atomic E-state index is 0.318. The molecule has 2 N–H and O–H groups in total. The highest BCUT2D eigenvalue weighted by Crippen LogP contribution is 2.33. The zero-order valence-electron chi connectivity index (χ0n) is 15.1. The predicted octanol–water partition coefficient (Wildman–Crippen LogP) is 4.25. The average Bonchev–Trinajstić information content (AvgIpc) is 3.06. The fraction of sp³-hybridized carbons (Fsp3) is 0.300. The van der Waals surface area contributed by atoms with Crippen molar-refractivity contribution in [1.29, 1.82) is 0 Å². The Hall–Kier alpha value is -3.09. The number of aryl methyl sites for hydroxylation is 1. The molecule has 0 aliphatic carbocycles. The van der Waals surface area contributed by atoms with E-state index in [0.29, 0.717) is 36.4 Å². The Kier molecular flexibility index (Phi) is 4.43. The van der Waals surface area contributed by atoms with Gasteiger partial charge in [0, 0.05) is 23.1 Å². The Balaban J connectivity index is 1.88. The number of carbonyl (C=O) groups is 1. The summed E-state index contributed by atoms with van der Waals surface area (Å²) in [6, 6.07) is 9.12. The third kappa shape index (κ3) is 3.32. The van der Waals surface area contributed by atoms with Gasteiger partial charge in [0.25, 0.3) is 0 Å². The molecule has 1 aliphatic rings. The Labute approximate surface area is 155 Å². The monoisotopic (exact) mass is 369 g/mol. The molecule has 2 heterocycles. The molecule has 1 unspecified atom stereocenters. The highest BCUT2D eigenvalue weighted by Gasteiger charge is 2.20. The summed E-state index contributed by atoms with van der Waals surface area (Å²) in [5.74, 6) is 0.335. The fourth-order valence-electron chi connectivity index (χ4n) is 3.25. The molecular formula is C20H20FN3O3. The van der Waals surface area contributed by atoms with E-state index in [-0.39, 0.29) is 5.82 Å². The molecular weight excluding hydrogens is 349 g/mol. The number of amides is 1. The van der Waals surface area contributed by atoms with E-state index in [1.54, 1.807) is 26.0 Å². The van der Waals surface area contributed by atoms with Gasteiger partial charge >= 0.3 is 6.09 Å². The normalized spacial score (nSPS) is 17.6. The molecule has 3 aromatic rings. The van der Waals surface area contributed by atoms with Crippen LogP contribution in [0, 0.1) is 12.7 Å². The van der Waals surface area contributed by atoms with E-state index in [2.05, 4.69) is 15.5 Å². The van der Waals surface area contributed by atoms with Crippen molar-refractivity contribution in [2.24, 2.45) is 0 Å².